The summed E-state index contributed by atoms with van der Waals surface area (Å²) >= 11 is 0. The van der Waals surface area contributed by atoms with Gasteiger partial charge in [-0.15, -0.1) is 0 Å². The predicted octanol–water partition coefficient (Wildman–Crippen LogP) is 12.7. The van der Waals surface area contributed by atoms with Gasteiger partial charge >= 0.3 is 19.8 Å². The Kier molecular flexibility index (Phi) is 40.1. The lowest BCUT2D eigenvalue weighted by atomic mass is 10.0. The third kappa shape index (κ3) is 41.4. The number of ether oxygens (including phenoxy) is 2. The lowest BCUT2D eigenvalue weighted by Gasteiger charge is -2.19. The summed E-state index contributed by atoms with van der Waals surface area (Å²) in [6.07, 6.45) is 47.3. The summed E-state index contributed by atoms with van der Waals surface area (Å²) in [5.41, 5.74) is 5.34. The van der Waals surface area contributed by atoms with Crippen LogP contribution in [0.5, 0.6) is 0 Å². The summed E-state index contributed by atoms with van der Waals surface area (Å²) in [5, 5.41) is 0. The van der Waals surface area contributed by atoms with Crippen molar-refractivity contribution in [1.29, 1.82) is 0 Å². The lowest BCUT2D eigenvalue weighted by Crippen LogP contribution is -2.29. The second-order valence-electron chi connectivity index (χ2n) is 14.6. The molecule has 0 aromatic heterocycles. The molecule has 3 N–H and O–H groups in total. The van der Waals surface area contributed by atoms with Crippen LogP contribution in [0.4, 0.5) is 0 Å². The van der Waals surface area contributed by atoms with Crippen molar-refractivity contribution in [2.75, 3.05) is 26.4 Å². The smallest absolute Gasteiger partial charge is 0.462 e. The molecule has 55 heavy (non-hydrogen) atoms. The van der Waals surface area contributed by atoms with Gasteiger partial charge in [0.05, 0.1) is 13.2 Å². The highest BCUT2D eigenvalue weighted by atomic mass is 31.2. The van der Waals surface area contributed by atoms with Crippen LogP contribution >= 0.6 is 7.82 Å². The minimum absolute atomic E-state index is 0.0425. The summed E-state index contributed by atoms with van der Waals surface area (Å²) in [6.45, 7) is 3.65. The van der Waals surface area contributed by atoms with E-state index < -0.39 is 32.5 Å². The van der Waals surface area contributed by atoms with Gasteiger partial charge in [0.2, 0.25) is 0 Å². The predicted molar refractivity (Wildman–Crippen MR) is 229 cm³/mol. The number of unbranched alkanes of at least 4 members (excludes halogenated alkanes) is 20. The molecule has 0 aromatic carbocycles. The Morgan fingerprint density at radius 3 is 1.47 bits per heavy atom. The summed E-state index contributed by atoms with van der Waals surface area (Å²) in [6, 6.07) is 0. The second kappa shape index (κ2) is 41.6. The van der Waals surface area contributed by atoms with Crippen LogP contribution in [0.3, 0.4) is 0 Å². The van der Waals surface area contributed by atoms with Gasteiger partial charge in [-0.2, -0.15) is 0 Å². The Balaban J connectivity index is 4.26. The van der Waals surface area contributed by atoms with Gasteiger partial charge in [0.15, 0.2) is 6.10 Å². The maximum absolute atomic E-state index is 12.5. The maximum Gasteiger partial charge on any atom is 0.472 e. The number of nitrogens with two attached hydrogens (primary N) is 1. The van der Waals surface area contributed by atoms with Crippen molar-refractivity contribution in [3.8, 4) is 0 Å². The Morgan fingerprint density at radius 1 is 0.545 bits per heavy atom. The van der Waals surface area contributed by atoms with E-state index in [1.165, 1.54) is 122 Å². The van der Waals surface area contributed by atoms with Gasteiger partial charge in [0, 0.05) is 19.4 Å². The molecule has 0 aromatic rings. The van der Waals surface area contributed by atoms with Gasteiger partial charge in [-0.05, 0) is 44.9 Å². The zero-order valence-electron chi connectivity index (χ0n) is 35.2. The number of carbonyl (C=O) groups is 2. The molecule has 0 saturated heterocycles. The van der Waals surface area contributed by atoms with E-state index in [-0.39, 0.29) is 32.6 Å². The number of hydrogen-bond acceptors (Lipinski definition) is 8. The Hall–Kier alpha value is -2.03. The van der Waals surface area contributed by atoms with E-state index in [0.717, 1.165) is 38.5 Å². The molecular weight excluding hydrogens is 713 g/mol. The van der Waals surface area contributed by atoms with E-state index in [4.69, 9.17) is 24.3 Å². The zero-order valence-corrected chi connectivity index (χ0v) is 36.0. The van der Waals surface area contributed by atoms with Crippen LogP contribution in [0.2, 0.25) is 0 Å². The van der Waals surface area contributed by atoms with Crippen LogP contribution < -0.4 is 5.73 Å². The minimum Gasteiger partial charge on any atom is -0.462 e. The van der Waals surface area contributed by atoms with Gasteiger partial charge in [0.25, 0.3) is 0 Å². The summed E-state index contributed by atoms with van der Waals surface area (Å²) in [5.74, 6) is -0.918. The van der Waals surface area contributed by atoms with Crippen LogP contribution in [0.25, 0.3) is 0 Å². The Bertz CT molecular complexity index is 1040. The van der Waals surface area contributed by atoms with Crippen molar-refractivity contribution < 1.29 is 37.6 Å². The van der Waals surface area contributed by atoms with Crippen LogP contribution in [-0.4, -0.2) is 49.3 Å². The molecule has 0 spiro atoms. The molecule has 0 rings (SSSR count). The van der Waals surface area contributed by atoms with E-state index in [9.17, 15) is 19.0 Å². The molecule has 0 aliphatic rings. The van der Waals surface area contributed by atoms with Crippen LogP contribution in [0, 0.1) is 0 Å². The molecule has 10 heteroatoms. The molecular formula is C45H82NO8P. The summed E-state index contributed by atoms with van der Waals surface area (Å²) < 4.78 is 32.7. The first kappa shape index (κ1) is 53.0. The topological polar surface area (TPSA) is 134 Å². The molecule has 2 atom stereocenters. The number of hydrogen-bond donors (Lipinski definition) is 2. The zero-order chi connectivity index (χ0) is 40.3. The first-order valence-corrected chi connectivity index (χ1v) is 23.6. The number of phosphoric ester groups is 1. The van der Waals surface area contributed by atoms with Gasteiger partial charge in [-0.25, -0.2) is 4.57 Å². The van der Waals surface area contributed by atoms with Gasteiger partial charge in [-0.1, -0.05) is 184 Å². The van der Waals surface area contributed by atoms with Crippen molar-refractivity contribution in [2.24, 2.45) is 5.73 Å². The quantitative estimate of drug-likeness (QED) is 0.0268. The molecule has 0 fully saturated rings. The molecule has 0 bridgehead atoms. The molecule has 0 aliphatic heterocycles. The van der Waals surface area contributed by atoms with Gasteiger partial charge in [-0.3, -0.25) is 18.6 Å². The largest absolute Gasteiger partial charge is 0.472 e. The Morgan fingerprint density at radius 2 is 0.982 bits per heavy atom. The molecule has 0 radical (unpaired) electrons. The standard InChI is InChI=1S/C45H82NO8P/c1-3-5-7-9-11-13-15-17-19-20-21-22-24-26-28-30-32-34-36-38-45(48)54-43(42-53-55(49,50)52-40-39-46)41-51-44(47)37-35-33-31-29-27-25-23-18-16-14-12-10-8-6-4-2/h17,19,21-22,26,28,32,34,43H,3-16,18,20,23-25,27,29-31,33,35-42,46H2,1-2H3,(H,49,50). The SMILES string of the molecule is CCCCCCCCC=CCC=CCC=CCC=CCCC(=O)OC(COC(=O)CCCCCCCCCCCCCCCCC)COP(=O)(O)OCCN. The molecule has 0 saturated carbocycles. The highest BCUT2D eigenvalue weighted by Gasteiger charge is 2.25. The normalized spacial score (nSPS) is 13.7. The average Bonchev–Trinajstić information content (AvgIpc) is 3.17. The van der Waals surface area contributed by atoms with Crippen LogP contribution in [0.1, 0.15) is 194 Å². The molecule has 9 nitrogen and oxygen atoms in total. The van der Waals surface area contributed by atoms with Crippen molar-refractivity contribution in [2.45, 2.75) is 200 Å². The number of esters is 2. The third-order valence-electron chi connectivity index (χ3n) is 9.23. The Labute approximate surface area is 336 Å². The van der Waals surface area contributed by atoms with Gasteiger partial charge in [0.1, 0.15) is 6.61 Å². The second-order valence-corrected chi connectivity index (χ2v) is 16.0. The van der Waals surface area contributed by atoms with Crippen LogP contribution in [-0.2, 0) is 32.7 Å². The van der Waals surface area contributed by atoms with Crippen molar-refractivity contribution in [1.82, 2.24) is 0 Å². The van der Waals surface area contributed by atoms with Crippen LogP contribution in [0.15, 0.2) is 48.6 Å². The monoisotopic (exact) mass is 796 g/mol. The molecule has 2 unspecified atom stereocenters. The molecule has 0 heterocycles. The summed E-state index contributed by atoms with van der Waals surface area (Å²) in [7, 11) is -4.39. The van der Waals surface area contributed by atoms with E-state index >= 15 is 0 Å². The molecule has 0 aliphatic carbocycles. The van der Waals surface area contributed by atoms with E-state index in [1.807, 2.05) is 12.2 Å². The van der Waals surface area contributed by atoms with E-state index in [0.29, 0.717) is 6.42 Å². The van der Waals surface area contributed by atoms with Crippen molar-refractivity contribution in [3.63, 3.8) is 0 Å². The number of carbonyl (C=O) groups excluding carboxylic acids is 2. The third-order valence-corrected chi connectivity index (χ3v) is 10.2. The fourth-order valence-corrected chi connectivity index (χ4v) is 6.70. The molecule has 0 amide bonds. The number of phosphoric acid groups is 1. The van der Waals surface area contributed by atoms with E-state index in [1.54, 1.807) is 0 Å². The fourth-order valence-electron chi connectivity index (χ4n) is 5.93. The number of allylic oxidation sites excluding steroid dienone is 8. The minimum atomic E-state index is -4.39. The first-order valence-electron chi connectivity index (χ1n) is 22.1. The fraction of sp³-hybridized carbons (Fsp3) is 0.778. The first-order chi connectivity index (χ1) is 26.8. The van der Waals surface area contributed by atoms with E-state index in [2.05, 4.69) is 50.3 Å². The van der Waals surface area contributed by atoms with Crippen molar-refractivity contribution >= 4 is 19.8 Å². The molecule has 320 valence electrons. The number of rotatable bonds is 41. The highest BCUT2D eigenvalue weighted by molar-refractivity contribution is 7.47. The average molecular weight is 796 g/mol. The maximum atomic E-state index is 12.5. The summed E-state index contributed by atoms with van der Waals surface area (Å²) in [4.78, 5) is 34.8. The lowest BCUT2D eigenvalue weighted by molar-refractivity contribution is -0.161. The van der Waals surface area contributed by atoms with Crippen molar-refractivity contribution in [3.05, 3.63) is 48.6 Å². The van der Waals surface area contributed by atoms with Gasteiger partial charge < -0.3 is 20.1 Å². The highest BCUT2D eigenvalue weighted by Crippen LogP contribution is 2.43.